The van der Waals surface area contributed by atoms with Crippen molar-refractivity contribution in [2.45, 2.75) is 0 Å². The molecule has 0 nitrogen and oxygen atoms in total. The molecule has 0 N–H and O–H groups in total. The number of rotatable bonds is 0. The van der Waals surface area contributed by atoms with E-state index in [2.05, 4.69) is 0 Å². The van der Waals surface area contributed by atoms with Gasteiger partial charge in [-0.1, -0.05) is 0 Å². The fourth-order valence-corrected chi connectivity index (χ4v) is 0. The Morgan fingerprint density at radius 3 is 1.25 bits per heavy atom. The van der Waals surface area contributed by atoms with Gasteiger partial charge in [0.05, 0.1) is 0 Å². The van der Waals surface area contributed by atoms with E-state index in [1.165, 1.54) is 0 Å². The first-order chi connectivity index (χ1) is 0. The van der Waals surface area contributed by atoms with Crippen LogP contribution in [0, 0.1) is 0 Å². The monoisotopic (exact) mass is 204 g/mol. The van der Waals surface area contributed by atoms with Gasteiger partial charge in [-0.05, 0) is 0 Å². The fourth-order valence-electron chi connectivity index (χ4n) is 0. The van der Waals surface area contributed by atoms with Crippen LogP contribution in [-0.4, -0.2) is 62.8 Å². The van der Waals surface area contributed by atoms with Crippen LogP contribution in [-0.2, 0) is 19.5 Å². The van der Waals surface area contributed by atoms with E-state index in [1.54, 1.807) is 0 Å². The van der Waals surface area contributed by atoms with E-state index in [-0.39, 0.29) is 89.9 Å². The molecule has 0 fully saturated rings. The SMILES string of the molecule is F.[AlH3].[H-].[H-].[Sr+2].[Zn]. The molecule has 4 heteroatoms. The van der Waals surface area contributed by atoms with E-state index >= 15 is 0 Å². The Morgan fingerprint density at radius 1 is 1.25 bits per heavy atom. The third-order valence-corrected chi connectivity index (χ3v) is 0. The van der Waals surface area contributed by atoms with Crippen LogP contribution in [0.25, 0.3) is 0 Å². The van der Waals surface area contributed by atoms with Crippen molar-refractivity contribution in [3.63, 3.8) is 0 Å². The third-order valence-electron chi connectivity index (χ3n) is 0. The zero-order valence-electron chi connectivity index (χ0n) is 3.82. The zero-order valence-corrected chi connectivity index (χ0v) is 8.27. The maximum absolute atomic E-state index is 0. The van der Waals surface area contributed by atoms with Gasteiger partial charge in [0, 0.05) is 19.5 Å². The van der Waals surface area contributed by atoms with Crippen LogP contribution in [0.15, 0.2) is 0 Å². The van der Waals surface area contributed by atoms with Gasteiger partial charge in [-0.15, -0.1) is 0 Å². The quantitative estimate of drug-likeness (QED) is 0.436. The standard InChI is InChI=1S/Al.FH.Sr.Zn.5H/h;1H;;;;;;;/q;;+2;;;;;2*-1. The Hall–Kier alpha value is 2.57. The molecule has 0 unspecified atom stereocenters. The van der Waals surface area contributed by atoms with Crippen LogP contribution in [0.1, 0.15) is 2.85 Å². The summed E-state index contributed by atoms with van der Waals surface area (Å²) in [6.07, 6.45) is 0. The van der Waals surface area contributed by atoms with Crippen LogP contribution in [0.3, 0.4) is 0 Å². The summed E-state index contributed by atoms with van der Waals surface area (Å²) in [5.41, 5.74) is 0. The summed E-state index contributed by atoms with van der Waals surface area (Å²) in [7, 11) is 0. The maximum atomic E-state index is 0. The van der Waals surface area contributed by atoms with Crippen LogP contribution < -0.4 is 0 Å². The Kier molecular flexibility index (Phi) is 136. The minimum atomic E-state index is 0. The summed E-state index contributed by atoms with van der Waals surface area (Å²) in [6.45, 7) is 0. The van der Waals surface area contributed by atoms with Crippen molar-refractivity contribution in [3.8, 4) is 0 Å². The Bertz CT molecular complexity index is 13.5. The molecule has 0 heterocycles. The van der Waals surface area contributed by atoms with Crippen LogP contribution in [0.2, 0.25) is 0 Å². The Balaban J connectivity index is 0. The van der Waals surface area contributed by atoms with Gasteiger partial charge in [-0.3, -0.25) is 4.70 Å². The van der Waals surface area contributed by atoms with Crippen molar-refractivity contribution in [2.75, 3.05) is 0 Å². The summed E-state index contributed by atoms with van der Waals surface area (Å²) >= 11 is 0. The van der Waals surface area contributed by atoms with Gasteiger partial charge in [0.15, 0.2) is 17.4 Å². The summed E-state index contributed by atoms with van der Waals surface area (Å²) in [5, 5.41) is 0. The minimum Gasteiger partial charge on any atom is -1.00 e. The van der Waals surface area contributed by atoms with Crippen molar-refractivity contribution < 1.29 is 27.0 Å². The van der Waals surface area contributed by atoms with Crippen LogP contribution in [0.4, 0.5) is 4.70 Å². The predicted octanol–water partition coefficient (Wildman–Crippen LogP) is -1.19. The third kappa shape index (κ3) is 8.82. The summed E-state index contributed by atoms with van der Waals surface area (Å²) < 4.78 is 0. The zero-order chi connectivity index (χ0) is 0. The van der Waals surface area contributed by atoms with E-state index in [9.17, 15) is 0 Å². The van der Waals surface area contributed by atoms with Gasteiger partial charge in [-0.2, -0.15) is 0 Å². The van der Waals surface area contributed by atoms with E-state index in [0.717, 1.165) is 0 Å². The number of hydrogen-bond acceptors (Lipinski definition) is 0. The molecule has 0 rings (SSSR count). The maximum Gasteiger partial charge on any atom is 2.00 e. The fraction of sp³-hybridized carbons (Fsp3) is 0. The molecule has 0 saturated heterocycles. The van der Waals surface area contributed by atoms with Crippen molar-refractivity contribution in [2.24, 2.45) is 0 Å². The molecule has 0 amide bonds. The first-order valence-electron chi connectivity index (χ1n) is 0. The van der Waals surface area contributed by atoms with Crippen molar-refractivity contribution >= 4 is 62.8 Å². The molecule has 0 aromatic carbocycles. The molecule has 4 heavy (non-hydrogen) atoms. The first kappa shape index (κ1) is 30.9. The second-order valence-electron chi connectivity index (χ2n) is 0. The summed E-state index contributed by atoms with van der Waals surface area (Å²) in [5.74, 6) is 0. The molecule has 0 aromatic heterocycles. The molecule has 0 aliphatic carbocycles. The second-order valence-corrected chi connectivity index (χ2v) is 0. The second kappa shape index (κ2) is 17.6. The van der Waals surface area contributed by atoms with Crippen LogP contribution >= 0.6 is 0 Å². The predicted molar refractivity (Wildman–Crippen MR) is 20.4 cm³/mol. The molecular weight excluding hydrogens is 199 g/mol. The molecule has 0 aromatic rings. The van der Waals surface area contributed by atoms with Crippen molar-refractivity contribution in [3.05, 3.63) is 0 Å². The summed E-state index contributed by atoms with van der Waals surface area (Å²) in [6, 6.07) is 0. The minimum absolute atomic E-state index is 0. The van der Waals surface area contributed by atoms with Gasteiger partial charge in [0.25, 0.3) is 0 Å². The molecule has 0 aliphatic heterocycles. The van der Waals surface area contributed by atoms with Crippen LogP contribution in [0.5, 0.6) is 0 Å². The van der Waals surface area contributed by atoms with Crippen molar-refractivity contribution in [1.82, 2.24) is 0 Å². The summed E-state index contributed by atoms with van der Waals surface area (Å²) in [4.78, 5) is 0. The molecule has 0 spiro atoms. The molecule has 0 radical (unpaired) electrons. The van der Waals surface area contributed by atoms with E-state index < -0.39 is 0 Å². The average Bonchev–Trinajstić information content (AvgIpc) is 0. The smallest absolute Gasteiger partial charge is 1.00 e. The van der Waals surface area contributed by atoms with Crippen molar-refractivity contribution in [1.29, 1.82) is 0 Å². The van der Waals surface area contributed by atoms with E-state index in [0.29, 0.717) is 0 Å². The van der Waals surface area contributed by atoms with E-state index in [1.807, 2.05) is 0 Å². The Morgan fingerprint density at radius 2 is 1.25 bits per heavy atom. The van der Waals surface area contributed by atoms with Gasteiger partial charge >= 0.3 is 45.5 Å². The normalized spacial score (nSPS) is 0. The Labute approximate surface area is 88.2 Å². The van der Waals surface area contributed by atoms with Gasteiger partial charge in [0.1, 0.15) is 0 Å². The average molecular weight is 205 g/mol. The van der Waals surface area contributed by atoms with Gasteiger partial charge < -0.3 is 2.85 Å². The number of hydrogen-bond donors (Lipinski definition) is 0. The van der Waals surface area contributed by atoms with Gasteiger partial charge in [0.2, 0.25) is 0 Å². The first-order valence-corrected chi connectivity index (χ1v) is 0. The molecular formula is H6AlFSrZn. The molecule has 0 saturated carbocycles. The topological polar surface area (TPSA) is 0 Å². The molecule has 0 atom stereocenters. The molecule has 0 aliphatic rings. The largest absolute Gasteiger partial charge is 2.00 e. The molecule has 20 valence electrons. The van der Waals surface area contributed by atoms with E-state index in [4.69, 9.17) is 0 Å². The molecule has 0 bridgehead atoms. The number of halogens is 1. The van der Waals surface area contributed by atoms with Gasteiger partial charge in [-0.25, -0.2) is 0 Å².